The highest BCUT2D eigenvalue weighted by Gasteiger charge is 2.17. The first-order valence-corrected chi connectivity index (χ1v) is 13.7. The van der Waals surface area contributed by atoms with E-state index < -0.39 is 0 Å². The molecule has 0 amide bonds. The van der Waals surface area contributed by atoms with Gasteiger partial charge in [-0.3, -0.25) is 0 Å². The number of hydrogen-bond donors (Lipinski definition) is 0. The standard InChI is InChI=1S/C35H29NS/c1-4-24(18-17-23(2)3)33-27-11-5-7-13-29(27)34(30-14-8-6-12-28(30)33)25-19-21-26(22-20-25)35-36-31-15-9-10-16-32(31)37-35/h4-23H,1-3H3/b18-17-,24-4+. The lowest BCUT2D eigenvalue weighted by Gasteiger charge is -2.18. The maximum Gasteiger partial charge on any atom is 0.124 e. The van der Waals surface area contributed by atoms with Crippen molar-refractivity contribution in [2.45, 2.75) is 20.8 Å². The van der Waals surface area contributed by atoms with Crippen LogP contribution < -0.4 is 0 Å². The summed E-state index contributed by atoms with van der Waals surface area (Å²) in [6, 6.07) is 35.0. The molecule has 0 radical (unpaired) electrons. The summed E-state index contributed by atoms with van der Waals surface area (Å²) in [5.41, 5.74) is 7.30. The van der Waals surface area contributed by atoms with E-state index in [1.54, 1.807) is 11.3 Å². The zero-order valence-corrected chi connectivity index (χ0v) is 22.2. The third-order valence-electron chi connectivity index (χ3n) is 6.91. The second-order valence-corrected chi connectivity index (χ2v) is 10.8. The van der Waals surface area contributed by atoms with Crippen LogP contribution in [0.5, 0.6) is 0 Å². The summed E-state index contributed by atoms with van der Waals surface area (Å²) in [6.07, 6.45) is 6.80. The Balaban J connectivity index is 1.56. The Kier molecular flexibility index (Phi) is 6.20. The first-order valence-electron chi connectivity index (χ1n) is 12.9. The molecule has 6 aromatic rings. The van der Waals surface area contributed by atoms with Crippen LogP contribution in [0.25, 0.3) is 59.0 Å². The highest BCUT2D eigenvalue weighted by atomic mass is 32.1. The van der Waals surface area contributed by atoms with Crippen molar-refractivity contribution in [2.75, 3.05) is 0 Å². The van der Waals surface area contributed by atoms with Gasteiger partial charge in [-0.2, -0.15) is 0 Å². The van der Waals surface area contributed by atoms with Gasteiger partial charge in [-0.15, -0.1) is 11.3 Å². The number of rotatable bonds is 5. The van der Waals surface area contributed by atoms with Gasteiger partial charge in [0.25, 0.3) is 0 Å². The van der Waals surface area contributed by atoms with Crippen LogP contribution in [0.1, 0.15) is 26.3 Å². The summed E-state index contributed by atoms with van der Waals surface area (Å²) >= 11 is 1.75. The number of fused-ring (bicyclic) bond motifs is 3. The molecule has 37 heavy (non-hydrogen) atoms. The van der Waals surface area contributed by atoms with Crippen molar-refractivity contribution in [2.24, 2.45) is 5.92 Å². The van der Waals surface area contributed by atoms with E-state index in [0.717, 1.165) is 16.1 Å². The lowest BCUT2D eigenvalue weighted by molar-refractivity contribution is 0.832. The molecule has 0 saturated carbocycles. The molecule has 0 spiro atoms. The van der Waals surface area contributed by atoms with Gasteiger partial charge in [-0.1, -0.05) is 117 Å². The molecule has 5 aromatic carbocycles. The van der Waals surface area contributed by atoms with Crippen molar-refractivity contribution in [1.82, 2.24) is 4.98 Å². The van der Waals surface area contributed by atoms with Crippen LogP contribution in [0, 0.1) is 5.92 Å². The smallest absolute Gasteiger partial charge is 0.124 e. The number of allylic oxidation sites excluding steroid dienone is 4. The minimum Gasteiger partial charge on any atom is -0.236 e. The topological polar surface area (TPSA) is 12.9 Å². The largest absolute Gasteiger partial charge is 0.236 e. The number of benzene rings is 5. The van der Waals surface area contributed by atoms with Crippen molar-refractivity contribution in [1.29, 1.82) is 0 Å². The van der Waals surface area contributed by atoms with E-state index in [0.29, 0.717) is 5.92 Å². The molecule has 1 heterocycles. The van der Waals surface area contributed by atoms with Crippen LogP contribution >= 0.6 is 11.3 Å². The van der Waals surface area contributed by atoms with Crippen molar-refractivity contribution in [3.05, 3.63) is 121 Å². The monoisotopic (exact) mass is 495 g/mol. The predicted molar refractivity (Wildman–Crippen MR) is 163 cm³/mol. The maximum absolute atomic E-state index is 4.86. The lowest BCUT2D eigenvalue weighted by atomic mass is 9.85. The van der Waals surface area contributed by atoms with Gasteiger partial charge in [0.2, 0.25) is 0 Å². The second-order valence-electron chi connectivity index (χ2n) is 9.75. The van der Waals surface area contributed by atoms with E-state index in [1.165, 1.54) is 48.5 Å². The summed E-state index contributed by atoms with van der Waals surface area (Å²) in [5.74, 6) is 0.501. The van der Waals surface area contributed by atoms with E-state index in [4.69, 9.17) is 4.98 Å². The van der Waals surface area contributed by atoms with E-state index in [1.807, 2.05) is 6.07 Å². The number of nitrogens with zero attached hydrogens (tertiary/aromatic N) is 1. The molecule has 0 aliphatic carbocycles. The van der Waals surface area contributed by atoms with E-state index in [2.05, 4.69) is 130 Å². The van der Waals surface area contributed by atoms with Crippen molar-refractivity contribution in [3.8, 4) is 21.7 Å². The quantitative estimate of drug-likeness (QED) is 0.171. The Morgan fingerprint density at radius 3 is 1.86 bits per heavy atom. The molecule has 1 aromatic heterocycles. The first kappa shape index (κ1) is 23.4. The van der Waals surface area contributed by atoms with Crippen LogP contribution in [0.3, 0.4) is 0 Å². The third-order valence-corrected chi connectivity index (χ3v) is 7.99. The number of hydrogen-bond acceptors (Lipinski definition) is 2. The fourth-order valence-corrected chi connectivity index (χ4v) is 6.12. The van der Waals surface area contributed by atoms with Crippen molar-refractivity contribution >= 4 is 48.7 Å². The summed E-state index contributed by atoms with van der Waals surface area (Å²) in [5, 5.41) is 6.19. The molecule has 180 valence electrons. The highest BCUT2D eigenvalue weighted by molar-refractivity contribution is 7.21. The maximum atomic E-state index is 4.86. The summed E-state index contributed by atoms with van der Waals surface area (Å²) in [4.78, 5) is 4.86. The summed E-state index contributed by atoms with van der Waals surface area (Å²) < 4.78 is 1.22. The molecule has 2 heteroatoms. The zero-order valence-electron chi connectivity index (χ0n) is 21.4. The molecular weight excluding hydrogens is 466 g/mol. The normalized spacial score (nSPS) is 12.5. The first-order chi connectivity index (χ1) is 18.1. The molecular formula is C35H29NS. The summed E-state index contributed by atoms with van der Waals surface area (Å²) in [6.45, 7) is 6.58. The average molecular weight is 496 g/mol. The minimum absolute atomic E-state index is 0.501. The van der Waals surface area contributed by atoms with Crippen LogP contribution in [-0.4, -0.2) is 4.98 Å². The predicted octanol–water partition coefficient (Wildman–Crippen LogP) is 10.6. The molecule has 0 unspecified atom stereocenters. The Labute approximate surface area is 222 Å². The van der Waals surface area contributed by atoms with Gasteiger partial charge in [0, 0.05) is 5.56 Å². The van der Waals surface area contributed by atoms with E-state index >= 15 is 0 Å². The Morgan fingerprint density at radius 1 is 0.703 bits per heavy atom. The molecule has 0 aliphatic heterocycles. The van der Waals surface area contributed by atoms with Crippen molar-refractivity contribution in [3.63, 3.8) is 0 Å². The van der Waals surface area contributed by atoms with Gasteiger partial charge < -0.3 is 0 Å². The van der Waals surface area contributed by atoms with Crippen LogP contribution in [0.2, 0.25) is 0 Å². The second kappa shape index (κ2) is 9.80. The fourth-order valence-electron chi connectivity index (χ4n) is 5.15. The molecule has 0 saturated heterocycles. The zero-order chi connectivity index (χ0) is 25.4. The Morgan fingerprint density at radius 2 is 1.27 bits per heavy atom. The summed E-state index contributed by atoms with van der Waals surface area (Å²) in [7, 11) is 0. The molecule has 0 bridgehead atoms. The third kappa shape index (κ3) is 4.28. The fraction of sp³-hybridized carbons (Fsp3) is 0.114. The van der Waals surface area contributed by atoms with Gasteiger partial charge in [-0.05, 0) is 68.8 Å². The highest BCUT2D eigenvalue weighted by Crippen LogP contribution is 2.42. The Hall–Kier alpha value is -4.01. The number of thiazole rings is 1. The van der Waals surface area contributed by atoms with Gasteiger partial charge in [0.15, 0.2) is 0 Å². The SMILES string of the molecule is C/C=C(\C=C/C(C)C)c1c2ccccc2c(-c2ccc(-c3nc4ccccc4s3)cc2)c2ccccc12. The molecule has 0 N–H and O–H groups in total. The van der Waals surface area contributed by atoms with Crippen molar-refractivity contribution < 1.29 is 0 Å². The lowest BCUT2D eigenvalue weighted by Crippen LogP contribution is -1.93. The molecule has 6 rings (SSSR count). The van der Waals surface area contributed by atoms with E-state index in [-0.39, 0.29) is 0 Å². The van der Waals surface area contributed by atoms with E-state index in [9.17, 15) is 0 Å². The van der Waals surface area contributed by atoms with Gasteiger partial charge in [0.1, 0.15) is 5.01 Å². The van der Waals surface area contributed by atoms with Crippen LogP contribution in [0.4, 0.5) is 0 Å². The number of aromatic nitrogens is 1. The molecule has 1 nitrogen and oxygen atoms in total. The molecule has 0 aliphatic rings. The molecule has 0 atom stereocenters. The average Bonchev–Trinajstić information content (AvgIpc) is 3.37. The minimum atomic E-state index is 0.501. The van der Waals surface area contributed by atoms with Gasteiger partial charge in [-0.25, -0.2) is 4.98 Å². The van der Waals surface area contributed by atoms with Crippen LogP contribution in [-0.2, 0) is 0 Å². The van der Waals surface area contributed by atoms with Crippen LogP contribution in [0.15, 0.2) is 115 Å². The molecule has 0 fully saturated rings. The van der Waals surface area contributed by atoms with Gasteiger partial charge >= 0.3 is 0 Å². The Bertz CT molecular complexity index is 1710. The number of para-hydroxylation sites is 1. The van der Waals surface area contributed by atoms with Gasteiger partial charge in [0.05, 0.1) is 10.2 Å².